The van der Waals surface area contributed by atoms with Gasteiger partial charge in [0, 0.05) is 6.54 Å². The van der Waals surface area contributed by atoms with Crippen LogP contribution in [0.3, 0.4) is 0 Å². The lowest BCUT2D eigenvalue weighted by Crippen LogP contribution is -2.19. The molecule has 2 N–H and O–H groups in total. The normalized spacial score (nSPS) is 12.2. The van der Waals surface area contributed by atoms with Crippen LogP contribution in [-0.4, -0.2) is 22.7 Å². The average molecular weight is 256 g/mol. The molecule has 5 nitrogen and oxygen atoms in total. The van der Waals surface area contributed by atoms with Crippen LogP contribution in [0.1, 0.15) is 25.3 Å². The molecule has 6 heteroatoms. The van der Waals surface area contributed by atoms with Gasteiger partial charge in [0.05, 0.1) is 17.1 Å². The molecule has 0 aliphatic heterocycles. The minimum Gasteiger partial charge on any atom is -0.391 e. The third kappa shape index (κ3) is 3.66. The summed E-state index contributed by atoms with van der Waals surface area (Å²) in [6, 6.07) is 2.27. The van der Waals surface area contributed by atoms with E-state index in [0.29, 0.717) is 12.0 Å². The zero-order valence-corrected chi connectivity index (χ0v) is 10.4. The second kappa shape index (κ2) is 6.30. The van der Waals surface area contributed by atoms with Crippen LogP contribution in [0.25, 0.3) is 0 Å². The van der Waals surface area contributed by atoms with Crippen LogP contribution < -0.4 is 5.32 Å². The Kier molecular flexibility index (Phi) is 5.03. The molecular weight excluding hydrogens is 239 g/mol. The number of aliphatic hydroxyl groups excluding tert-OH is 1. The number of nitrogens with zero attached hydrogens (tertiary/aromatic N) is 1. The molecule has 1 atom stereocenters. The number of nitro groups is 1. The molecule has 1 aromatic rings. The molecule has 0 bridgehead atoms. The van der Waals surface area contributed by atoms with Crippen molar-refractivity contribution in [2.24, 2.45) is 0 Å². The van der Waals surface area contributed by atoms with E-state index in [2.05, 4.69) is 5.32 Å². The van der Waals surface area contributed by atoms with Gasteiger partial charge < -0.3 is 10.4 Å². The smallest absolute Gasteiger partial charge is 0.295 e. The molecule has 0 saturated heterocycles. The summed E-state index contributed by atoms with van der Waals surface area (Å²) in [6.45, 7) is 3.68. The van der Waals surface area contributed by atoms with Crippen molar-refractivity contribution in [3.8, 4) is 0 Å². The third-order valence-electron chi connectivity index (χ3n) is 2.62. The number of aliphatic hydroxyl groups is 1. The van der Waals surface area contributed by atoms with Crippen molar-refractivity contribution < 1.29 is 14.4 Å². The highest BCUT2D eigenvalue weighted by molar-refractivity contribution is 5.63. The van der Waals surface area contributed by atoms with Crippen LogP contribution in [0.2, 0.25) is 0 Å². The van der Waals surface area contributed by atoms with Crippen LogP contribution in [0.4, 0.5) is 15.8 Å². The lowest BCUT2D eigenvalue weighted by Gasteiger charge is -2.12. The highest BCUT2D eigenvalue weighted by Crippen LogP contribution is 2.27. The van der Waals surface area contributed by atoms with Gasteiger partial charge in [0.2, 0.25) is 0 Å². The molecule has 0 saturated carbocycles. The van der Waals surface area contributed by atoms with Crippen LogP contribution >= 0.6 is 0 Å². The van der Waals surface area contributed by atoms with Crippen LogP contribution in [-0.2, 0) is 0 Å². The van der Waals surface area contributed by atoms with Gasteiger partial charge >= 0.3 is 0 Å². The Hall–Kier alpha value is -1.69. The minimum atomic E-state index is -0.642. The van der Waals surface area contributed by atoms with Crippen LogP contribution in [0, 0.1) is 22.9 Å². The average Bonchev–Trinajstić information content (AvgIpc) is 2.30. The molecule has 1 unspecified atom stereocenters. The van der Waals surface area contributed by atoms with Crippen molar-refractivity contribution in [1.82, 2.24) is 0 Å². The summed E-state index contributed by atoms with van der Waals surface area (Å²) in [6.07, 6.45) is 0.869. The lowest BCUT2D eigenvalue weighted by atomic mass is 10.1. The molecule has 0 aromatic heterocycles. The molecular formula is C12H17FN2O3. The molecule has 0 amide bonds. The van der Waals surface area contributed by atoms with E-state index in [0.717, 1.165) is 12.5 Å². The van der Waals surface area contributed by atoms with Crippen molar-refractivity contribution in [3.05, 3.63) is 33.6 Å². The molecule has 0 aliphatic carbocycles. The molecule has 0 fully saturated rings. The van der Waals surface area contributed by atoms with E-state index >= 15 is 0 Å². The van der Waals surface area contributed by atoms with Gasteiger partial charge in [-0.2, -0.15) is 0 Å². The number of nitrogens with one attached hydrogen (secondary N) is 1. The van der Waals surface area contributed by atoms with Gasteiger partial charge in [-0.1, -0.05) is 13.3 Å². The van der Waals surface area contributed by atoms with Crippen molar-refractivity contribution in [3.63, 3.8) is 0 Å². The first-order chi connectivity index (χ1) is 8.45. The second-order valence-corrected chi connectivity index (χ2v) is 4.20. The Morgan fingerprint density at radius 2 is 2.22 bits per heavy atom. The van der Waals surface area contributed by atoms with E-state index in [9.17, 15) is 19.6 Å². The first-order valence-corrected chi connectivity index (χ1v) is 5.82. The van der Waals surface area contributed by atoms with Crippen LogP contribution in [0.5, 0.6) is 0 Å². The predicted molar refractivity (Wildman–Crippen MR) is 67.2 cm³/mol. The van der Waals surface area contributed by atoms with Crippen molar-refractivity contribution in [2.75, 3.05) is 11.9 Å². The Labute approximate surface area is 105 Å². The SMILES string of the molecule is CCCC(O)CNc1cc(C)c(F)cc1[N+](=O)[O-]. The number of hydrogen-bond donors (Lipinski definition) is 2. The van der Waals surface area contributed by atoms with E-state index < -0.39 is 16.8 Å². The summed E-state index contributed by atoms with van der Waals surface area (Å²) < 4.78 is 13.3. The van der Waals surface area contributed by atoms with Gasteiger partial charge in [0.25, 0.3) is 5.69 Å². The minimum absolute atomic E-state index is 0.208. The summed E-state index contributed by atoms with van der Waals surface area (Å²) in [5.74, 6) is -0.610. The number of halogens is 1. The summed E-state index contributed by atoms with van der Waals surface area (Å²) >= 11 is 0. The largest absolute Gasteiger partial charge is 0.391 e. The molecule has 100 valence electrons. The lowest BCUT2D eigenvalue weighted by molar-refractivity contribution is -0.384. The summed E-state index contributed by atoms with van der Waals surface area (Å²) in [7, 11) is 0. The number of nitro benzene ring substituents is 1. The number of rotatable bonds is 6. The fraction of sp³-hybridized carbons (Fsp3) is 0.500. The molecule has 0 radical (unpaired) electrons. The molecule has 18 heavy (non-hydrogen) atoms. The maximum absolute atomic E-state index is 13.3. The standard InChI is InChI=1S/C12H17FN2O3/c1-3-4-9(16)7-14-11-5-8(2)10(13)6-12(11)15(17)18/h5-6,9,14,16H,3-4,7H2,1-2H3. The van der Waals surface area contributed by atoms with E-state index in [1.165, 1.54) is 13.0 Å². The Morgan fingerprint density at radius 3 is 2.78 bits per heavy atom. The monoisotopic (exact) mass is 256 g/mol. The van der Waals surface area contributed by atoms with Gasteiger partial charge in [-0.3, -0.25) is 10.1 Å². The van der Waals surface area contributed by atoms with Gasteiger partial charge in [-0.25, -0.2) is 4.39 Å². The summed E-state index contributed by atoms with van der Waals surface area (Å²) in [4.78, 5) is 10.2. The molecule has 0 heterocycles. The first-order valence-electron chi connectivity index (χ1n) is 5.82. The fourth-order valence-electron chi connectivity index (χ4n) is 1.63. The van der Waals surface area contributed by atoms with E-state index in [-0.39, 0.29) is 17.9 Å². The summed E-state index contributed by atoms with van der Waals surface area (Å²) in [5, 5.41) is 23.1. The summed E-state index contributed by atoms with van der Waals surface area (Å²) in [5.41, 5.74) is 0.240. The van der Waals surface area contributed by atoms with Gasteiger partial charge in [-0.15, -0.1) is 0 Å². The topological polar surface area (TPSA) is 75.4 Å². The molecule has 1 aromatic carbocycles. The van der Waals surface area contributed by atoms with Crippen molar-refractivity contribution in [1.29, 1.82) is 0 Å². The third-order valence-corrected chi connectivity index (χ3v) is 2.62. The molecule has 0 spiro atoms. The van der Waals surface area contributed by atoms with Gasteiger partial charge in [0.1, 0.15) is 11.5 Å². The van der Waals surface area contributed by atoms with Crippen LogP contribution in [0.15, 0.2) is 12.1 Å². The number of benzene rings is 1. The Bertz CT molecular complexity index is 438. The number of anilines is 1. The highest BCUT2D eigenvalue weighted by Gasteiger charge is 2.17. The number of aryl methyl sites for hydroxylation is 1. The Morgan fingerprint density at radius 1 is 1.56 bits per heavy atom. The van der Waals surface area contributed by atoms with E-state index in [1.54, 1.807) is 0 Å². The van der Waals surface area contributed by atoms with Gasteiger partial charge in [0.15, 0.2) is 0 Å². The van der Waals surface area contributed by atoms with E-state index in [4.69, 9.17) is 0 Å². The van der Waals surface area contributed by atoms with Crippen molar-refractivity contribution in [2.45, 2.75) is 32.8 Å². The quantitative estimate of drug-likeness (QED) is 0.606. The maximum Gasteiger partial charge on any atom is 0.295 e. The maximum atomic E-state index is 13.3. The van der Waals surface area contributed by atoms with E-state index in [1.807, 2.05) is 6.92 Å². The van der Waals surface area contributed by atoms with Gasteiger partial charge in [-0.05, 0) is 25.0 Å². The highest BCUT2D eigenvalue weighted by atomic mass is 19.1. The first kappa shape index (κ1) is 14.4. The second-order valence-electron chi connectivity index (χ2n) is 4.20. The number of hydrogen-bond acceptors (Lipinski definition) is 4. The zero-order valence-electron chi connectivity index (χ0n) is 10.4. The molecule has 1 rings (SSSR count). The molecule has 0 aliphatic rings. The fourth-order valence-corrected chi connectivity index (χ4v) is 1.63. The Balaban J connectivity index is 2.86. The zero-order chi connectivity index (χ0) is 13.7. The van der Waals surface area contributed by atoms with Crippen molar-refractivity contribution >= 4 is 11.4 Å². The predicted octanol–water partition coefficient (Wildman–Crippen LogP) is 2.62.